The smallest absolute Gasteiger partial charge is 0.355 e. The van der Waals surface area contributed by atoms with Crippen LogP contribution in [-0.2, 0) is 11.2 Å². The molecule has 0 fully saturated rings. The molecule has 0 saturated carbocycles. The molecule has 1 aliphatic rings. The minimum atomic E-state index is -0.439. The molecule has 0 aliphatic heterocycles. The summed E-state index contributed by atoms with van der Waals surface area (Å²) < 4.78 is 18.1. The van der Waals surface area contributed by atoms with Crippen molar-refractivity contribution < 1.29 is 18.7 Å². The van der Waals surface area contributed by atoms with Gasteiger partial charge in [-0.2, -0.15) is 0 Å². The van der Waals surface area contributed by atoms with Crippen molar-refractivity contribution >= 4 is 11.8 Å². The number of H-pyrrole nitrogens is 1. The van der Waals surface area contributed by atoms with Gasteiger partial charge < -0.3 is 9.72 Å². The minimum Gasteiger partial charge on any atom is -0.461 e. The molecule has 1 aromatic carbocycles. The molecule has 0 bridgehead atoms. The number of hydrogen-bond donors (Lipinski definition) is 1. The Hall–Kier alpha value is -2.43. The van der Waals surface area contributed by atoms with Gasteiger partial charge in [-0.05, 0) is 49.4 Å². The molecule has 23 heavy (non-hydrogen) atoms. The molecule has 1 heterocycles. The van der Waals surface area contributed by atoms with Gasteiger partial charge in [0.15, 0.2) is 5.78 Å². The Kier molecular flexibility index (Phi) is 4.03. The molecule has 1 aromatic heterocycles. The lowest BCUT2D eigenvalue weighted by molar-refractivity contribution is 0.0519. The van der Waals surface area contributed by atoms with Crippen LogP contribution in [0.5, 0.6) is 0 Å². The number of fused-ring (bicyclic) bond motifs is 1. The Labute approximate surface area is 133 Å². The number of aromatic nitrogens is 1. The third-order valence-corrected chi connectivity index (χ3v) is 4.31. The van der Waals surface area contributed by atoms with Crippen LogP contribution >= 0.6 is 0 Å². The standard InChI is InChI=1S/C18H18FNO3/c1-3-23-18(22)17-10(2)16-14(20-17)8-12(9-15(16)21)11-4-6-13(19)7-5-11/h4-7,12,20H,3,8-9H2,1-2H3/t12-/m1/s1. The minimum absolute atomic E-state index is 0.00451. The summed E-state index contributed by atoms with van der Waals surface area (Å²) in [6.07, 6.45) is 0.979. The van der Waals surface area contributed by atoms with Crippen LogP contribution in [0.25, 0.3) is 0 Å². The molecule has 0 amide bonds. The van der Waals surface area contributed by atoms with Gasteiger partial charge in [0.25, 0.3) is 0 Å². The number of halogens is 1. The molecular weight excluding hydrogens is 297 g/mol. The number of nitrogens with one attached hydrogen (secondary N) is 1. The Morgan fingerprint density at radius 2 is 2.00 bits per heavy atom. The molecule has 120 valence electrons. The fourth-order valence-electron chi connectivity index (χ4n) is 3.21. The SMILES string of the molecule is CCOC(=O)c1[nH]c2c(c1C)C(=O)C[C@H](c1ccc(F)cc1)C2. The first-order valence-corrected chi connectivity index (χ1v) is 7.68. The average Bonchev–Trinajstić information content (AvgIpc) is 2.86. The zero-order valence-corrected chi connectivity index (χ0v) is 13.1. The summed E-state index contributed by atoms with van der Waals surface area (Å²) in [6, 6.07) is 6.22. The highest BCUT2D eigenvalue weighted by Crippen LogP contribution is 2.35. The van der Waals surface area contributed by atoms with Crippen molar-refractivity contribution in [1.82, 2.24) is 4.98 Å². The molecule has 2 aromatic rings. The van der Waals surface area contributed by atoms with E-state index in [9.17, 15) is 14.0 Å². The number of ether oxygens (including phenoxy) is 1. The molecule has 0 radical (unpaired) electrons. The molecule has 1 aliphatic carbocycles. The van der Waals surface area contributed by atoms with Crippen LogP contribution < -0.4 is 0 Å². The normalized spacial score (nSPS) is 17.0. The van der Waals surface area contributed by atoms with Gasteiger partial charge in [-0.25, -0.2) is 9.18 Å². The van der Waals surface area contributed by atoms with Crippen molar-refractivity contribution in [1.29, 1.82) is 0 Å². The second-order valence-electron chi connectivity index (χ2n) is 5.78. The fourth-order valence-corrected chi connectivity index (χ4v) is 3.21. The molecule has 0 saturated heterocycles. The van der Waals surface area contributed by atoms with Crippen molar-refractivity contribution in [3.8, 4) is 0 Å². The van der Waals surface area contributed by atoms with E-state index in [2.05, 4.69) is 4.98 Å². The number of hydrogen-bond acceptors (Lipinski definition) is 3. The molecule has 5 heteroatoms. The zero-order valence-electron chi connectivity index (χ0n) is 13.1. The molecule has 0 spiro atoms. The second kappa shape index (κ2) is 5.99. The molecule has 0 unspecified atom stereocenters. The highest BCUT2D eigenvalue weighted by Gasteiger charge is 2.32. The van der Waals surface area contributed by atoms with Crippen LogP contribution in [0.3, 0.4) is 0 Å². The van der Waals surface area contributed by atoms with Gasteiger partial charge in [0.2, 0.25) is 0 Å². The molecule has 4 nitrogen and oxygen atoms in total. The quantitative estimate of drug-likeness (QED) is 0.881. The second-order valence-corrected chi connectivity index (χ2v) is 5.78. The average molecular weight is 315 g/mol. The maximum Gasteiger partial charge on any atom is 0.355 e. The van der Waals surface area contributed by atoms with Crippen LogP contribution in [0.15, 0.2) is 24.3 Å². The maximum atomic E-state index is 13.1. The number of esters is 1. The van der Waals surface area contributed by atoms with Gasteiger partial charge in [-0.1, -0.05) is 12.1 Å². The lowest BCUT2D eigenvalue weighted by Crippen LogP contribution is -2.18. The van der Waals surface area contributed by atoms with Gasteiger partial charge >= 0.3 is 5.97 Å². The molecule has 1 atom stereocenters. The van der Waals surface area contributed by atoms with Gasteiger partial charge in [-0.3, -0.25) is 4.79 Å². The van der Waals surface area contributed by atoms with Gasteiger partial charge in [0.05, 0.1) is 6.61 Å². The first kappa shape index (κ1) is 15.5. The highest BCUT2D eigenvalue weighted by atomic mass is 19.1. The predicted octanol–water partition coefficient (Wildman–Crippen LogP) is 3.55. The molecule has 3 rings (SSSR count). The van der Waals surface area contributed by atoms with Gasteiger partial charge in [0, 0.05) is 17.7 Å². The zero-order chi connectivity index (χ0) is 16.6. The third kappa shape index (κ3) is 2.79. The number of Topliss-reactive ketones (excluding diaryl/α,β-unsaturated/α-hetero) is 1. The first-order chi connectivity index (χ1) is 11.0. The number of carbonyl (C=O) groups excluding carboxylic acids is 2. The summed E-state index contributed by atoms with van der Waals surface area (Å²) >= 11 is 0. The summed E-state index contributed by atoms with van der Waals surface area (Å²) in [6.45, 7) is 3.79. The fraction of sp³-hybridized carbons (Fsp3) is 0.333. The van der Waals surface area contributed by atoms with E-state index in [1.807, 2.05) is 0 Å². The van der Waals surface area contributed by atoms with E-state index >= 15 is 0 Å². The predicted molar refractivity (Wildman–Crippen MR) is 83.3 cm³/mol. The van der Waals surface area contributed by atoms with Gasteiger partial charge in [-0.15, -0.1) is 0 Å². The number of aromatic amines is 1. The van der Waals surface area contributed by atoms with E-state index in [1.165, 1.54) is 12.1 Å². The largest absolute Gasteiger partial charge is 0.461 e. The van der Waals surface area contributed by atoms with Gasteiger partial charge in [0.1, 0.15) is 11.5 Å². The Balaban J connectivity index is 1.94. The third-order valence-electron chi connectivity index (χ3n) is 4.31. The van der Waals surface area contributed by atoms with Crippen molar-refractivity contribution in [2.24, 2.45) is 0 Å². The summed E-state index contributed by atoms with van der Waals surface area (Å²) in [7, 11) is 0. The van der Waals surface area contributed by atoms with Crippen molar-refractivity contribution in [3.05, 3.63) is 58.2 Å². The Bertz CT molecular complexity index is 761. The number of ketones is 1. The first-order valence-electron chi connectivity index (χ1n) is 7.68. The number of benzene rings is 1. The topological polar surface area (TPSA) is 59.2 Å². The van der Waals surface area contributed by atoms with Crippen LogP contribution in [0, 0.1) is 12.7 Å². The van der Waals surface area contributed by atoms with Crippen molar-refractivity contribution in [3.63, 3.8) is 0 Å². The summed E-state index contributed by atoms with van der Waals surface area (Å²) in [5, 5.41) is 0. The van der Waals surface area contributed by atoms with Crippen LogP contribution in [0.1, 0.15) is 56.9 Å². The van der Waals surface area contributed by atoms with E-state index < -0.39 is 5.97 Å². The lowest BCUT2D eigenvalue weighted by Gasteiger charge is -2.22. The van der Waals surface area contributed by atoms with E-state index in [1.54, 1.807) is 26.0 Å². The maximum absolute atomic E-state index is 13.1. The van der Waals surface area contributed by atoms with Crippen LogP contribution in [-0.4, -0.2) is 23.3 Å². The lowest BCUT2D eigenvalue weighted by atomic mass is 9.81. The van der Waals surface area contributed by atoms with Crippen molar-refractivity contribution in [2.75, 3.05) is 6.61 Å². The Morgan fingerprint density at radius 3 is 2.65 bits per heavy atom. The van der Waals surface area contributed by atoms with E-state index in [0.717, 1.165) is 11.3 Å². The summed E-state index contributed by atoms with van der Waals surface area (Å²) in [5.74, 6) is -0.740. The molecular formula is C18H18FNO3. The van der Waals surface area contributed by atoms with E-state index in [-0.39, 0.29) is 24.1 Å². The van der Waals surface area contributed by atoms with E-state index in [4.69, 9.17) is 4.74 Å². The number of rotatable bonds is 3. The molecule has 1 N–H and O–H groups in total. The summed E-state index contributed by atoms with van der Waals surface area (Å²) in [4.78, 5) is 27.5. The van der Waals surface area contributed by atoms with E-state index in [0.29, 0.717) is 29.7 Å². The number of carbonyl (C=O) groups is 2. The summed E-state index contributed by atoms with van der Waals surface area (Å²) in [5.41, 5.74) is 3.30. The van der Waals surface area contributed by atoms with Crippen molar-refractivity contribution in [2.45, 2.75) is 32.6 Å². The van der Waals surface area contributed by atoms with Crippen LogP contribution in [0.2, 0.25) is 0 Å². The van der Waals surface area contributed by atoms with Crippen LogP contribution in [0.4, 0.5) is 4.39 Å². The Morgan fingerprint density at radius 1 is 1.30 bits per heavy atom. The monoisotopic (exact) mass is 315 g/mol. The highest BCUT2D eigenvalue weighted by molar-refractivity contribution is 6.03.